The standard InChI is InChI=1S/C15H20O3/c1-3-4-5-6-14(16)12-18-11-13-7-9-15(17-2)10-8-13/h7-10,14,16H,3,6,11-12H2,1-2H3/t14-/m0/s1. The van der Waals surface area contributed by atoms with E-state index in [1.807, 2.05) is 31.2 Å². The molecule has 0 aliphatic heterocycles. The fraction of sp³-hybridized carbons (Fsp3) is 0.467. The van der Waals surface area contributed by atoms with Crippen LogP contribution in [0.25, 0.3) is 0 Å². The molecule has 0 aliphatic rings. The molecular formula is C15H20O3. The van der Waals surface area contributed by atoms with Gasteiger partial charge in [0.2, 0.25) is 0 Å². The van der Waals surface area contributed by atoms with Gasteiger partial charge >= 0.3 is 0 Å². The molecule has 0 saturated heterocycles. The van der Waals surface area contributed by atoms with Crippen molar-refractivity contribution >= 4 is 0 Å². The van der Waals surface area contributed by atoms with E-state index in [4.69, 9.17) is 9.47 Å². The minimum atomic E-state index is -0.512. The molecule has 0 saturated carbocycles. The minimum Gasteiger partial charge on any atom is -0.497 e. The average molecular weight is 248 g/mol. The molecule has 98 valence electrons. The van der Waals surface area contributed by atoms with Gasteiger partial charge in [-0.15, -0.1) is 11.8 Å². The van der Waals surface area contributed by atoms with Crippen molar-refractivity contribution in [3.63, 3.8) is 0 Å². The van der Waals surface area contributed by atoms with E-state index >= 15 is 0 Å². The van der Waals surface area contributed by atoms with Crippen LogP contribution in [0.3, 0.4) is 0 Å². The van der Waals surface area contributed by atoms with Crippen LogP contribution in [-0.4, -0.2) is 24.9 Å². The first-order valence-corrected chi connectivity index (χ1v) is 6.10. The maximum atomic E-state index is 9.59. The van der Waals surface area contributed by atoms with Crippen molar-refractivity contribution in [2.75, 3.05) is 13.7 Å². The number of methoxy groups -OCH3 is 1. The molecule has 0 fully saturated rings. The molecule has 1 N–H and O–H groups in total. The fourth-order valence-electron chi connectivity index (χ4n) is 1.41. The summed E-state index contributed by atoms with van der Waals surface area (Å²) in [7, 11) is 1.64. The average Bonchev–Trinajstić information content (AvgIpc) is 2.40. The number of hydrogen-bond acceptors (Lipinski definition) is 3. The zero-order valence-corrected chi connectivity index (χ0v) is 11.0. The highest BCUT2D eigenvalue weighted by Crippen LogP contribution is 2.12. The van der Waals surface area contributed by atoms with Crippen LogP contribution in [0.15, 0.2) is 24.3 Å². The van der Waals surface area contributed by atoms with Crippen molar-refractivity contribution in [3.8, 4) is 17.6 Å². The lowest BCUT2D eigenvalue weighted by Gasteiger charge is -2.08. The van der Waals surface area contributed by atoms with E-state index in [0.717, 1.165) is 17.7 Å². The van der Waals surface area contributed by atoms with Gasteiger partial charge in [-0.25, -0.2) is 0 Å². The maximum Gasteiger partial charge on any atom is 0.118 e. The summed E-state index contributed by atoms with van der Waals surface area (Å²) < 4.78 is 10.5. The summed E-state index contributed by atoms with van der Waals surface area (Å²) in [4.78, 5) is 0. The normalized spacial score (nSPS) is 11.5. The van der Waals surface area contributed by atoms with Crippen molar-refractivity contribution in [2.45, 2.75) is 32.5 Å². The summed E-state index contributed by atoms with van der Waals surface area (Å²) >= 11 is 0. The third kappa shape index (κ3) is 5.72. The Morgan fingerprint density at radius 1 is 1.22 bits per heavy atom. The second kappa shape index (κ2) is 8.57. The largest absolute Gasteiger partial charge is 0.497 e. The predicted molar refractivity (Wildman–Crippen MR) is 71.3 cm³/mol. The molecule has 0 amide bonds. The van der Waals surface area contributed by atoms with Crippen LogP contribution in [0.5, 0.6) is 5.75 Å². The molecule has 0 aliphatic carbocycles. The molecular weight excluding hydrogens is 228 g/mol. The summed E-state index contributed by atoms with van der Waals surface area (Å²) in [5, 5.41) is 9.59. The lowest BCUT2D eigenvalue weighted by Crippen LogP contribution is -2.14. The summed E-state index contributed by atoms with van der Waals surface area (Å²) in [6.07, 6.45) is 0.776. The predicted octanol–water partition coefficient (Wildman–Crippen LogP) is 2.38. The van der Waals surface area contributed by atoms with Gasteiger partial charge in [0, 0.05) is 12.8 Å². The first-order chi connectivity index (χ1) is 8.76. The highest BCUT2D eigenvalue weighted by molar-refractivity contribution is 5.26. The van der Waals surface area contributed by atoms with Crippen LogP contribution in [0, 0.1) is 11.8 Å². The molecule has 1 aromatic rings. The maximum absolute atomic E-state index is 9.59. The Morgan fingerprint density at radius 2 is 1.94 bits per heavy atom. The Balaban J connectivity index is 2.24. The van der Waals surface area contributed by atoms with Crippen molar-refractivity contribution < 1.29 is 14.6 Å². The third-order valence-corrected chi connectivity index (χ3v) is 2.38. The quantitative estimate of drug-likeness (QED) is 0.786. The molecule has 1 atom stereocenters. The van der Waals surface area contributed by atoms with Crippen LogP contribution in [0.2, 0.25) is 0 Å². The molecule has 1 rings (SSSR count). The number of benzene rings is 1. The van der Waals surface area contributed by atoms with Crippen LogP contribution < -0.4 is 4.74 Å². The van der Waals surface area contributed by atoms with Crippen LogP contribution in [0.4, 0.5) is 0 Å². The SMILES string of the molecule is CCC#CC[C@H](O)COCc1ccc(OC)cc1. The van der Waals surface area contributed by atoms with E-state index in [1.165, 1.54) is 0 Å². The van der Waals surface area contributed by atoms with Gasteiger partial charge in [0.25, 0.3) is 0 Å². The molecule has 0 unspecified atom stereocenters. The van der Waals surface area contributed by atoms with E-state index < -0.39 is 6.10 Å². The number of ether oxygens (including phenoxy) is 2. The Labute approximate surface area is 109 Å². The zero-order valence-electron chi connectivity index (χ0n) is 11.0. The Morgan fingerprint density at radius 3 is 2.56 bits per heavy atom. The smallest absolute Gasteiger partial charge is 0.118 e. The molecule has 0 heterocycles. The van der Waals surface area contributed by atoms with Gasteiger partial charge in [-0.2, -0.15) is 0 Å². The monoisotopic (exact) mass is 248 g/mol. The van der Waals surface area contributed by atoms with Crippen LogP contribution in [-0.2, 0) is 11.3 Å². The molecule has 0 bridgehead atoms. The van der Waals surface area contributed by atoms with E-state index in [-0.39, 0.29) is 0 Å². The lowest BCUT2D eigenvalue weighted by molar-refractivity contribution is 0.0311. The van der Waals surface area contributed by atoms with Gasteiger partial charge in [0.15, 0.2) is 0 Å². The molecule has 3 nitrogen and oxygen atoms in total. The summed E-state index contributed by atoms with van der Waals surface area (Å²) in [5.74, 6) is 6.65. The van der Waals surface area contributed by atoms with Crippen molar-refractivity contribution in [3.05, 3.63) is 29.8 Å². The Kier molecular flexibility index (Phi) is 6.93. The van der Waals surface area contributed by atoms with Gasteiger partial charge in [-0.3, -0.25) is 0 Å². The number of hydrogen-bond donors (Lipinski definition) is 1. The van der Waals surface area contributed by atoms with Crippen LogP contribution >= 0.6 is 0 Å². The molecule has 18 heavy (non-hydrogen) atoms. The van der Waals surface area contributed by atoms with Gasteiger partial charge in [0.1, 0.15) is 5.75 Å². The highest BCUT2D eigenvalue weighted by atomic mass is 16.5. The Bertz CT molecular complexity index is 386. The second-order valence-corrected chi connectivity index (χ2v) is 3.93. The van der Waals surface area contributed by atoms with Gasteiger partial charge in [-0.05, 0) is 17.7 Å². The Hall–Kier alpha value is -1.50. The number of aliphatic hydroxyl groups excluding tert-OH is 1. The molecule has 0 spiro atoms. The number of aliphatic hydroxyl groups is 1. The lowest BCUT2D eigenvalue weighted by atomic mass is 10.2. The summed E-state index contributed by atoms with van der Waals surface area (Å²) in [6.45, 7) is 2.78. The van der Waals surface area contributed by atoms with Gasteiger partial charge in [0.05, 0.1) is 26.4 Å². The number of rotatable bonds is 6. The van der Waals surface area contributed by atoms with E-state index in [9.17, 15) is 5.11 Å². The fourth-order valence-corrected chi connectivity index (χ4v) is 1.41. The van der Waals surface area contributed by atoms with Crippen molar-refractivity contribution in [1.29, 1.82) is 0 Å². The zero-order chi connectivity index (χ0) is 13.2. The van der Waals surface area contributed by atoms with Gasteiger partial charge in [-0.1, -0.05) is 19.1 Å². The van der Waals surface area contributed by atoms with E-state index in [1.54, 1.807) is 7.11 Å². The van der Waals surface area contributed by atoms with Crippen LogP contribution in [0.1, 0.15) is 25.3 Å². The second-order valence-electron chi connectivity index (χ2n) is 3.93. The third-order valence-electron chi connectivity index (χ3n) is 2.38. The molecule has 3 heteroatoms. The highest BCUT2D eigenvalue weighted by Gasteiger charge is 2.02. The molecule has 1 aromatic carbocycles. The summed E-state index contributed by atoms with van der Waals surface area (Å²) in [6, 6.07) is 7.67. The topological polar surface area (TPSA) is 38.7 Å². The first-order valence-electron chi connectivity index (χ1n) is 6.10. The summed E-state index contributed by atoms with van der Waals surface area (Å²) in [5.41, 5.74) is 1.06. The van der Waals surface area contributed by atoms with Crippen molar-refractivity contribution in [2.24, 2.45) is 0 Å². The first kappa shape index (κ1) is 14.6. The van der Waals surface area contributed by atoms with Crippen molar-refractivity contribution in [1.82, 2.24) is 0 Å². The molecule has 0 radical (unpaired) electrons. The van der Waals surface area contributed by atoms with E-state index in [2.05, 4.69) is 11.8 Å². The van der Waals surface area contributed by atoms with E-state index in [0.29, 0.717) is 19.6 Å². The minimum absolute atomic E-state index is 0.310. The van der Waals surface area contributed by atoms with Gasteiger partial charge < -0.3 is 14.6 Å². The molecule has 0 aromatic heterocycles.